The third-order valence-corrected chi connectivity index (χ3v) is 2.79. The summed E-state index contributed by atoms with van der Waals surface area (Å²) >= 11 is 0. The summed E-state index contributed by atoms with van der Waals surface area (Å²) in [5, 5.41) is 22.4. The molecule has 0 saturated heterocycles. The molecule has 20 heavy (non-hydrogen) atoms. The average molecular weight is 280 g/mol. The van der Waals surface area contributed by atoms with E-state index < -0.39 is 18.0 Å². The van der Waals surface area contributed by atoms with Crippen LogP contribution in [0.5, 0.6) is 0 Å². The minimum atomic E-state index is -1.15. The topological polar surface area (TPSA) is 98.7 Å². The molecule has 0 aromatic heterocycles. The van der Waals surface area contributed by atoms with Crippen LogP contribution in [0.25, 0.3) is 0 Å². The molecule has 0 aliphatic carbocycles. The molecule has 2 amide bonds. The number of carbonyl (C=O) groups is 2. The number of carbonyl (C=O) groups excluding carboxylic acids is 1. The highest BCUT2D eigenvalue weighted by Crippen LogP contribution is 2.01. The fourth-order valence-corrected chi connectivity index (χ4v) is 1.73. The SMILES string of the molecule is O=C(NCCCc1ccccc1)N[C@H](CCO)C(=O)O. The predicted octanol–water partition coefficient (Wildman–Crippen LogP) is 0.754. The summed E-state index contributed by atoms with van der Waals surface area (Å²) in [5.41, 5.74) is 1.19. The second-order valence-electron chi connectivity index (χ2n) is 4.39. The third kappa shape index (κ3) is 6.19. The maximum atomic E-state index is 11.5. The highest BCUT2D eigenvalue weighted by atomic mass is 16.4. The number of hydrogen-bond donors (Lipinski definition) is 4. The molecule has 6 heteroatoms. The minimum Gasteiger partial charge on any atom is -0.480 e. The predicted molar refractivity (Wildman–Crippen MR) is 74.4 cm³/mol. The van der Waals surface area contributed by atoms with Crippen molar-refractivity contribution in [2.75, 3.05) is 13.2 Å². The summed E-state index contributed by atoms with van der Waals surface area (Å²) in [4.78, 5) is 22.3. The number of nitrogens with one attached hydrogen (secondary N) is 2. The van der Waals surface area contributed by atoms with Gasteiger partial charge in [-0.3, -0.25) is 0 Å². The van der Waals surface area contributed by atoms with Gasteiger partial charge in [0.1, 0.15) is 6.04 Å². The van der Waals surface area contributed by atoms with Crippen LogP contribution in [0.3, 0.4) is 0 Å². The molecule has 110 valence electrons. The van der Waals surface area contributed by atoms with Crippen LogP contribution in [0, 0.1) is 0 Å². The number of hydrogen-bond acceptors (Lipinski definition) is 3. The Morgan fingerprint density at radius 1 is 1.20 bits per heavy atom. The molecule has 1 rings (SSSR count). The molecule has 0 saturated carbocycles. The lowest BCUT2D eigenvalue weighted by molar-refractivity contribution is -0.139. The van der Waals surface area contributed by atoms with Crippen molar-refractivity contribution in [3.63, 3.8) is 0 Å². The van der Waals surface area contributed by atoms with E-state index in [1.807, 2.05) is 30.3 Å². The summed E-state index contributed by atoms with van der Waals surface area (Å²) in [6.07, 6.45) is 1.61. The van der Waals surface area contributed by atoms with Gasteiger partial charge < -0.3 is 20.8 Å². The molecule has 4 N–H and O–H groups in total. The van der Waals surface area contributed by atoms with Crippen molar-refractivity contribution >= 4 is 12.0 Å². The Kier molecular flexibility index (Phi) is 7.13. The Hall–Kier alpha value is -2.08. The van der Waals surface area contributed by atoms with Gasteiger partial charge in [-0.1, -0.05) is 30.3 Å². The van der Waals surface area contributed by atoms with Crippen LogP contribution in [-0.4, -0.2) is 41.4 Å². The molecule has 1 aromatic carbocycles. The van der Waals surface area contributed by atoms with E-state index in [0.29, 0.717) is 6.54 Å². The van der Waals surface area contributed by atoms with E-state index in [1.54, 1.807) is 0 Å². The van der Waals surface area contributed by atoms with E-state index in [1.165, 1.54) is 5.56 Å². The van der Waals surface area contributed by atoms with Gasteiger partial charge in [-0.2, -0.15) is 0 Å². The van der Waals surface area contributed by atoms with Crippen molar-refractivity contribution in [3.05, 3.63) is 35.9 Å². The van der Waals surface area contributed by atoms with Crippen molar-refractivity contribution in [2.24, 2.45) is 0 Å². The van der Waals surface area contributed by atoms with Gasteiger partial charge >= 0.3 is 12.0 Å². The molecular weight excluding hydrogens is 260 g/mol. The molecule has 0 spiro atoms. The van der Waals surface area contributed by atoms with Crippen LogP contribution in [0.2, 0.25) is 0 Å². The molecule has 1 aromatic rings. The zero-order valence-corrected chi connectivity index (χ0v) is 11.2. The first-order valence-electron chi connectivity index (χ1n) is 6.55. The van der Waals surface area contributed by atoms with Gasteiger partial charge in [0.25, 0.3) is 0 Å². The Morgan fingerprint density at radius 3 is 2.50 bits per heavy atom. The number of aliphatic hydroxyl groups excluding tert-OH is 1. The summed E-state index contributed by atoms with van der Waals surface area (Å²) in [7, 11) is 0. The smallest absolute Gasteiger partial charge is 0.326 e. The second kappa shape index (κ2) is 8.92. The maximum absolute atomic E-state index is 11.5. The van der Waals surface area contributed by atoms with Gasteiger partial charge in [0.15, 0.2) is 0 Å². The number of carboxylic acids is 1. The molecule has 1 atom stereocenters. The van der Waals surface area contributed by atoms with Gasteiger partial charge in [-0.15, -0.1) is 0 Å². The number of urea groups is 1. The van der Waals surface area contributed by atoms with E-state index in [9.17, 15) is 9.59 Å². The molecule has 6 nitrogen and oxygen atoms in total. The number of rotatable bonds is 8. The van der Waals surface area contributed by atoms with Crippen LogP contribution >= 0.6 is 0 Å². The highest BCUT2D eigenvalue weighted by molar-refractivity contribution is 5.82. The summed E-state index contributed by atoms with van der Waals surface area (Å²) in [5.74, 6) is -1.15. The van der Waals surface area contributed by atoms with Crippen molar-refractivity contribution < 1.29 is 19.8 Å². The highest BCUT2D eigenvalue weighted by Gasteiger charge is 2.18. The Balaban J connectivity index is 2.21. The number of amides is 2. The lowest BCUT2D eigenvalue weighted by Gasteiger charge is -2.13. The first-order chi connectivity index (χ1) is 9.63. The first-order valence-corrected chi connectivity index (χ1v) is 6.55. The largest absolute Gasteiger partial charge is 0.480 e. The quantitative estimate of drug-likeness (QED) is 0.528. The first kappa shape index (κ1) is 16.0. The molecule has 0 aliphatic heterocycles. The monoisotopic (exact) mass is 280 g/mol. The maximum Gasteiger partial charge on any atom is 0.326 e. The zero-order valence-electron chi connectivity index (χ0n) is 11.2. The lowest BCUT2D eigenvalue weighted by atomic mass is 10.1. The van der Waals surface area contributed by atoms with Crippen LogP contribution in [-0.2, 0) is 11.2 Å². The summed E-state index contributed by atoms with van der Waals surface area (Å²) in [6.45, 7) is 0.178. The Morgan fingerprint density at radius 2 is 1.90 bits per heavy atom. The zero-order chi connectivity index (χ0) is 14.8. The van der Waals surface area contributed by atoms with Gasteiger partial charge in [0.05, 0.1) is 0 Å². The van der Waals surface area contributed by atoms with Crippen LogP contribution in [0.4, 0.5) is 4.79 Å². The fourth-order valence-electron chi connectivity index (χ4n) is 1.73. The molecular formula is C14H20N2O4. The van der Waals surface area contributed by atoms with E-state index in [0.717, 1.165) is 12.8 Å². The van der Waals surface area contributed by atoms with Crippen molar-refractivity contribution in [1.29, 1.82) is 0 Å². The number of benzene rings is 1. The third-order valence-electron chi connectivity index (χ3n) is 2.79. The lowest BCUT2D eigenvalue weighted by Crippen LogP contribution is -2.46. The molecule has 0 fully saturated rings. The van der Waals surface area contributed by atoms with Crippen molar-refractivity contribution in [1.82, 2.24) is 10.6 Å². The summed E-state index contributed by atoms with van der Waals surface area (Å²) in [6, 6.07) is 8.31. The summed E-state index contributed by atoms with van der Waals surface area (Å²) < 4.78 is 0. The normalized spacial score (nSPS) is 11.7. The van der Waals surface area contributed by atoms with Gasteiger partial charge in [0.2, 0.25) is 0 Å². The van der Waals surface area contributed by atoms with Crippen molar-refractivity contribution in [2.45, 2.75) is 25.3 Å². The van der Waals surface area contributed by atoms with Crippen LogP contribution < -0.4 is 10.6 Å². The molecule has 0 aliphatic rings. The number of aryl methyl sites for hydroxylation is 1. The van der Waals surface area contributed by atoms with Gasteiger partial charge in [-0.25, -0.2) is 9.59 Å². The van der Waals surface area contributed by atoms with Gasteiger partial charge in [-0.05, 0) is 18.4 Å². The van der Waals surface area contributed by atoms with Crippen LogP contribution in [0.1, 0.15) is 18.4 Å². The number of aliphatic hydroxyl groups is 1. The minimum absolute atomic E-state index is 0.00717. The molecule has 0 unspecified atom stereocenters. The van der Waals surface area contributed by atoms with E-state index in [2.05, 4.69) is 10.6 Å². The van der Waals surface area contributed by atoms with E-state index in [-0.39, 0.29) is 13.0 Å². The molecule has 0 bridgehead atoms. The van der Waals surface area contributed by atoms with Crippen molar-refractivity contribution in [3.8, 4) is 0 Å². The van der Waals surface area contributed by atoms with E-state index >= 15 is 0 Å². The van der Waals surface area contributed by atoms with Gasteiger partial charge in [0, 0.05) is 19.6 Å². The standard InChI is InChI=1S/C14H20N2O4/c17-10-8-12(13(18)19)16-14(20)15-9-4-7-11-5-2-1-3-6-11/h1-3,5-6,12,17H,4,7-10H2,(H,18,19)(H2,15,16,20)/t12-/m1/s1. The second-order valence-corrected chi connectivity index (χ2v) is 4.39. The number of carboxylic acid groups (broad SMARTS) is 1. The molecule has 0 heterocycles. The Labute approximate surface area is 117 Å². The van der Waals surface area contributed by atoms with E-state index in [4.69, 9.17) is 10.2 Å². The fraction of sp³-hybridized carbons (Fsp3) is 0.429. The average Bonchev–Trinajstić information content (AvgIpc) is 2.44. The Bertz CT molecular complexity index is 422. The molecule has 0 radical (unpaired) electrons. The van der Waals surface area contributed by atoms with Crippen LogP contribution in [0.15, 0.2) is 30.3 Å². The number of aliphatic carboxylic acids is 1.